The first-order valence-electron chi connectivity index (χ1n) is 8.57. The summed E-state index contributed by atoms with van der Waals surface area (Å²) in [5.41, 5.74) is -20.7. The number of urea groups is 1. The Balaban J connectivity index is 2.31. The van der Waals surface area contributed by atoms with Crippen molar-refractivity contribution >= 4 is 64.5 Å². The molecule has 0 aromatic heterocycles. The first-order valence-corrected chi connectivity index (χ1v) is 11.8. The van der Waals surface area contributed by atoms with Gasteiger partial charge in [-0.1, -0.05) is 0 Å². The lowest BCUT2D eigenvalue weighted by Gasteiger charge is -2.15. The van der Waals surface area contributed by atoms with Crippen molar-refractivity contribution in [1.82, 2.24) is 0 Å². The number of halogens is 12. The Bertz CT molecular complexity index is 931. The van der Waals surface area contributed by atoms with Gasteiger partial charge in [0.15, 0.2) is 0 Å². The van der Waals surface area contributed by atoms with Crippen molar-refractivity contribution in [3.63, 3.8) is 0 Å². The number of nitrogens with one attached hydrogen (secondary N) is 2. The zero-order valence-electron chi connectivity index (χ0n) is 16.5. The fraction of sp³-hybridized carbons (Fsp3) is 0.235. The Morgan fingerprint density at radius 1 is 0.472 bits per heavy atom. The lowest BCUT2D eigenvalue weighted by atomic mass is 10.3. The molecule has 36 heavy (non-hydrogen) atoms. The van der Waals surface area contributed by atoms with Gasteiger partial charge in [0.25, 0.3) is 0 Å². The lowest BCUT2D eigenvalue weighted by molar-refractivity contribution is -0.0339. The fourth-order valence-corrected chi connectivity index (χ4v) is 5.06. The third-order valence-electron chi connectivity index (χ3n) is 3.21. The van der Waals surface area contributed by atoms with Gasteiger partial charge in [-0.3, -0.25) is 0 Å². The van der Waals surface area contributed by atoms with E-state index in [-0.39, 0.29) is 0 Å². The maximum absolute atomic E-state index is 12.7. The molecular formula is C17H8F12N2OS4. The summed E-state index contributed by atoms with van der Waals surface area (Å²) in [7, 11) is 0. The number of hydrogen-bond acceptors (Lipinski definition) is 5. The molecule has 2 N–H and O–H groups in total. The van der Waals surface area contributed by atoms with E-state index in [4.69, 9.17) is 0 Å². The van der Waals surface area contributed by atoms with Gasteiger partial charge in [-0.25, -0.2) is 4.79 Å². The molecule has 0 spiro atoms. The Labute approximate surface area is 210 Å². The largest absolute Gasteiger partial charge is 0.446 e. The van der Waals surface area contributed by atoms with Gasteiger partial charge in [-0.15, -0.1) is 0 Å². The van der Waals surface area contributed by atoms with E-state index in [1.807, 2.05) is 10.6 Å². The van der Waals surface area contributed by atoms with Crippen molar-refractivity contribution < 1.29 is 57.5 Å². The zero-order valence-corrected chi connectivity index (χ0v) is 19.8. The van der Waals surface area contributed by atoms with Gasteiger partial charge in [-0.05, 0) is 83.4 Å². The summed E-state index contributed by atoms with van der Waals surface area (Å²) in [4.78, 5) is 9.34. The first-order chi connectivity index (χ1) is 16.2. The minimum Gasteiger partial charge on any atom is -0.308 e. The SMILES string of the molecule is O=C(Nc1cc(SC(F)(F)F)cc(SC(F)(F)F)c1)Nc1cc(SC(F)(F)F)cc(SC(F)(F)F)c1. The van der Waals surface area contributed by atoms with Gasteiger partial charge >= 0.3 is 28.1 Å². The standard InChI is InChI=1S/C17H8F12N2OS4/c18-14(19,20)33-9-1-7(2-10(5-9)34-15(21,22)23)30-13(32)31-8-3-11(35-16(24,25)26)6-12(4-8)36-17(27,28)29/h1-6H,(H2,30,31,32). The van der Waals surface area contributed by atoms with Crippen molar-refractivity contribution in [1.29, 1.82) is 0 Å². The summed E-state index contributed by atoms with van der Waals surface area (Å²) in [5.74, 6) is 0. The van der Waals surface area contributed by atoms with Crippen LogP contribution in [0.3, 0.4) is 0 Å². The van der Waals surface area contributed by atoms with Crippen molar-refractivity contribution in [2.24, 2.45) is 0 Å². The van der Waals surface area contributed by atoms with Crippen LogP contribution in [0.25, 0.3) is 0 Å². The van der Waals surface area contributed by atoms with Crippen molar-refractivity contribution in [2.75, 3.05) is 10.6 Å². The molecule has 0 heterocycles. The molecule has 0 aliphatic heterocycles. The van der Waals surface area contributed by atoms with Crippen LogP contribution in [-0.4, -0.2) is 28.1 Å². The average Bonchev–Trinajstić information content (AvgIpc) is 2.54. The Morgan fingerprint density at radius 2 is 0.694 bits per heavy atom. The Kier molecular flexibility index (Phi) is 9.61. The minimum atomic E-state index is -4.88. The smallest absolute Gasteiger partial charge is 0.308 e. The molecule has 0 aliphatic carbocycles. The zero-order chi connectivity index (χ0) is 27.5. The Hall–Kier alpha value is -1.73. The van der Waals surface area contributed by atoms with E-state index in [2.05, 4.69) is 0 Å². The van der Waals surface area contributed by atoms with Crippen LogP contribution in [-0.2, 0) is 0 Å². The molecule has 0 aliphatic rings. The van der Waals surface area contributed by atoms with Crippen LogP contribution in [0.4, 0.5) is 68.9 Å². The molecule has 2 aromatic rings. The second-order valence-electron chi connectivity index (χ2n) is 6.16. The maximum Gasteiger partial charge on any atom is 0.446 e. The Morgan fingerprint density at radius 3 is 0.889 bits per heavy atom. The average molecular weight is 613 g/mol. The van der Waals surface area contributed by atoms with E-state index >= 15 is 0 Å². The van der Waals surface area contributed by atoms with E-state index in [0.29, 0.717) is 36.4 Å². The number of thioether (sulfide) groups is 4. The molecule has 2 rings (SSSR count). The predicted octanol–water partition coefficient (Wildman–Crippen LogP) is 9.78. The highest BCUT2D eigenvalue weighted by Gasteiger charge is 2.34. The molecule has 0 saturated carbocycles. The molecule has 200 valence electrons. The number of rotatable bonds is 6. The number of carbonyl (C=O) groups excluding carboxylic acids is 1. The second-order valence-corrected chi connectivity index (χ2v) is 10.7. The summed E-state index contributed by atoms with van der Waals surface area (Å²) < 4.78 is 152. The topological polar surface area (TPSA) is 41.1 Å². The quantitative estimate of drug-likeness (QED) is 0.251. The maximum atomic E-state index is 12.7. The molecule has 19 heteroatoms. The van der Waals surface area contributed by atoms with Crippen LogP contribution in [0, 0.1) is 0 Å². The summed E-state index contributed by atoms with van der Waals surface area (Å²) in [5, 5.41) is 3.82. The molecule has 0 unspecified atom stereocenters. The number of anilines is 2. The molecule has 2 aromatic carbocycles. The number of benzene rings is 2. The van der Waals surface area contributed by atoms with Crippen molar-refractivity contribution in [2.45, 2.75) is 41.6 Å². The van der Waals surface area contributed by atoms with Crippen LogP contribution in [0.2, 0.25) is 0 Å². The molecular weight excluding hydrogens is 604 g/mol. The van der Waals surface area contributed by atoms with E-state index in [1.54, 1.807) is 0 Å². The van der Waals surface area contributed by atoms with Gasteiger partial charge in [0.2, 0.25) is 0 Å². The highest BCUT2D eigenvalue weighted by Crippen LogP contribution is 2.44. The van der Waals surface area contributed by atoms with E-state index in [1.165, 1.54) is 0 Å². The van der Waals surface area contributed by atoms with Crippen LogP contribution < -0.4 is 10.6 Å². The van der Waals surface area contributed by atoms with E-state index in [0.717, 1.165) is 0 Å². The van der Waals surface area contributed by atoms with Crippen LogP contribution in [0.15, 0.2) is 56.0 Å². The van der Waals surface area contributed by atoms with Crippen molar-refractivity contribution in [3.05, 3.63) is 36.4 Å². The predicted molar refractivity (Wildman–Crippen MR) is 113 cm³/mol. The summed E-state index contributed by atoms with van der Waals surface area (Å²) in [6, 6.07) is 2.50. The van der Waals surface area contributed by atoms with Gasteiger partial charge in [0.1, 0.15) is 0 Å². The molecule has 0 fully saturated rings. The third-order valence-corrected chi connectivity index (χ3v) is 6.02. The molecule has 0 bridgehead atoms. The molecule has 0 atom stereocenters. The van der Waals surface area contributed by atoms with Gasteiger partial charge in [0.05, 0.1) is 0 Å². The third kappa shape index (κ3) is 12.5. The number of alkyl halides is 12. The monoisotopic (exact) mass is 612 g/mol. The van der Waals surface area contributed by atoms with Gasteiger partial charge in [-0.2, -0.15) is 52.7 Å². The molecule has 0 saturated heterocycles. The fourth-order valence-electron chi connectivity index (χ4n) is 2.35. The van der Waals surface area contributed by atoms with E-state index < -0.39 is 106 Å². The summed E-state index contributed by atoms with van der Waals surface area (Å²) >= 11 is -3.08. The normalized spacial score (nSPS) is 13.0. The minimum absolute atomic E-state index is 0.556. The molecule has 0 radical (unpaired) electrons. The van der Waals surface area contributed by atoms with Crippen molar-refractivity contribution in [3.8, 4) is 0 Å². The van der Waals surface area contributed by atoms with Crippen LogP contribution >= 0.6 is 47.0 Å². The van der Waals surface area contributed by atoms with Gasteiger partial charge < -0.3 is 10.6 Å². The first kappa shape index (κ1) is 30.5. The highest BCUT2D eigenvalue weighted by molar-refractivity contribution is 8.01. The van der Waals surface area contributed by atoms with Crippen LogP contribution in [0.5, 0.6) is 0 Å². The number of carbonyl (C=O) groups is 1. The molecule has 3 nitrogen and oxygen atoms in total. The van der Waals surface area contributed by atoms with E-state index in [9.17, 15) is 57.5 Å². The molecule has 2 amide bonds. The highest BCUT2D eigenvalue weighted by atomic mass is 32.2. The summed E-state index contributed by atoms with van der Waals surface area (Å²) in [6.07, 6.45) is 0. The number of hydrogen-bond donors (Lipinski definition) is 2. The second kappa shape index (κ2) is 11.3. The van der Waals surface area contributed by atoms with Gasteiger partial charge in [0, 0.05) is 31.0 Å². The lowest BCUT2D eigenvalue weighted by Crippen LogP contribution is -2.19. The van der Waals surface area contributed by atoms with Crippen LogP contribution in [0.1, 0.15) is 0 Å². The number of amides is 2. The summed E-state index contributed by atoms with van der Waals surface area (Å²) in [6.45, 7) is 0.